The molecule has 0 N–H and O–H groups in total. The maximum absolute atomic E-state index is 9.77. The number of rotatable bonds is 14. The van der Waals surface area contributed by atoms with Crippen LogP contribution in [0.25, 0.3) is 190 Å². The van der Waals surface area contributed by atoms with Crippen LogP contribution in [0.1, 0.15) is 22.3 Å². The van der Waals surface area contributed by atoms with Crippen molar-refractivity contribution in [1.29, 1.82) is 21.0 Å². The number of fused-ring (bicyclic) bond motifs is 6. The Morgan fingerprint density at radius 2 is 0.420 bits per heavy atom. The lowest BCUT2D eigenvalue weighted by Gasteiger charge is -2.18. The van der Waals surface area contributed by atoms with Crippen LogP contribution in [0.3, 0.4) is 0 Å². The number of hydrogen-bond donors (Lipinski definition) is 0. The molecule has 0 saturated heterocycles. The lowest BCUT2D eigenvalue weighted by atomic mass is 9.92. The van der Waals surface area contributed by atoms with Crippen LogP contribution in [0.4, 0.5) is 0 Å². The highest BCUT2D eigenvalue weighted by Crippen LogP contribution is 2.45. The minimum atomic E-state index is 0.471. The second-order valence-electron chi connectivity index (χ2n) is 27.5. The van der Waals surface area contributed by atoms with Crippen molar-refractivity contribution in [1.82, 2.24) is 39.0 Å². The van der Waals surface area contributed by atoms with E-state index in [4.69, 9.17) is 29.9 Å². The van der Waals surface area contributed by atoms with E-state index in [-0.39, 0.29) is 0 Å². The van der Waals surface area contributed by atoms with Crippen molar-refractivity contribution in [2.45, 2.75) is 0 Å². The molecule has 0 bridgehead atoms. The predicted octanol–water partition coefficient (Wildman–Crippen LogP) is 23.7. The van der Waals surface area contributed by atoms with Crippen LogP contribution >= 0.6 is 0 Å². The Labute approximate surface area is 644 Å². The molecule has 112 heavy (non-hydrogen) atoms. The second kappa shape index (κ2) is 28.3. The average Bonchev–Trinajstić information content (AvgIpc) is 1.58. The van der Waals surface area contributed by atoms with Gasteiger partial charge in [0.15, 0.2) is 34.9 Å². The maximum Gasteiger partial charge on any atom is 0.164 e. The Hall–Kier alpha value is -16.1. The van der Waals surface area contributed by atoms with Crippen molar-refractivity contribution >= 4 is 43.6 Å². The third kappa shape index (κ3) is 12.4. The van der Waals surface area contributed by atoms with Gasteiger partial charge in [-0.25, -0.2) is 29.9 Å². The van der Waals surface area contributed by atoms with E-state index < -0.39 is 0 Å². The van der Waals surface area contributed by atoms with E-state index in [1.54, 1.807) is 0 Å². The predicted molar refractivity (Wildman–Crippen MR) is 446 cm³/mol. The molecule has 0 amide bonds. The largest absolute Gasteiger partial charge is 0.309 e. The first kappa shape index (κ1) is 66.6. The van der Waals surface area contributed by atoms with Gasteiger partial charge in [-0.05, 0) is 194 Å². The molecular formula is C100H58N12. The van der Waals surface area contributed by atoms with Crippen molar-refractivity contribution in [3.8, 4) is 171 Å². The van der Waals surface area contributed by atoms with E-state index in [0.717, 1.165) is 155 Å². The van der Waals surface area contributed by atoms with Crippen molar-refractivity contribution in [3.05, 3.63) is 374 Å². The van der Waals surface area contributed by atoms with Crippen molar-refractivity contribution in [2.75, 3.05) is 0 Å². The van der Waals surface area contributed by atoms with E-state index in [0.29, 0.717) is 57.2 Å². The highest BCUT2D eigenvalue weighted by atomic mass is 15.1. The first-order valence-electron chi connectivity index (χ1n) is 36.6. The molecule has 0 aliphatic carbocycles. The van der Waals surface area contributed by atoms with Crippen molar-refractivity contribution in [2.24, 2.45) is 0 Å². The quantitative estimate of drug-likeness (QED) is 0.102. The highest BCUT2D eigenvalue weighted by molar-refractivity contribution is 6.13. The van der Waals surface area contributed by atoms with Gasteiger partial charge in [0.25, 0.3) is 0 Å². The van der Waals surface area contributed by atoms with Gasteiger partial charge >= 0.3 is 0 Å². The maximum atomic E-state index is 9.77. The van der Waals surface area contributed by atoms with Crippen LogP contribution in [-0.4, -0.2) is 39.0 Å². The molecule has 0 aliphatic rings. The molecule has 4 heterocycles. The Morgan fingerprint density at radius 3 is 0.679 bits per heavy atom. The summed E-state index contributed by atoms with van der Waals surface area (Å²) in [5.74, 6) is 3.02. The zero-order valence-corrected chi connectivity index (χ0v) is 59.9. The SMILES string of the molecule is N#Cc1ccc(-c2ccc3c(c2)c2cc(-c4ccc(C#N)cc4)ccc2n3-c2ccc(-c3cccc(-c4ccc(-n5c6ccc(-c7ccc(C#N)cc7)cc6c6cc(-c7ccc(C#N)cc7)ccc65)cc4-c4nc(-c5ccccc5)nc(-c5ccccc5)n4)c3)c(-c3nc(-c4ccccc4)nc(-c4ccccc4)n3)c2)cc1. The van der Waals surface area contributed by atoms with Crippen LogP contribution in [-0.2, 0) is 0 Å². The van der Waals surface area contributed by atoms with Gasteiger partial charge in [0.05, 0.1) is 68.6 Å². The standard InChI is InChI=1S/C100H58N12/c101-59-63-24-32-67(33-25-63)75-40-48-91-85(53-75)86-54-76(68-34-26-64(60-102)27-35-68)41-49-92(86)111(91)81-44-46-83(89(57-81)99-107-95(71-14-5-1-6-15-71)105-96(108-99)72-16-7-2-8-17-72)79-22-13-23-80(52-79)84-47-45-82(58-90(84)100-109-97(73-18-9-3-10-19-73)106-98(110-100)74-20-11-4-12-21-74)112-93-50-42-77(69-36-28-65(61-103)29-37-69)55-87(93)88-56-78(43-51-94(88)112)70-38-30-66(62-104)31-39-70/h1-58H. The molecule has 15 aromatic carbocycles. The molecule has 0 radical (unpaired) electrons. The number of nitriles is 4. The van der Waals surface area contributed by atoms with E-state index in [1.165, 1.54) is 0 Å². The van der Waals surface area contributed by atoms with Gasteiger partial charge in [0.1, 0.15) is 0 Å². The fourth-order valence-electron chi connectivity index (χ4n) is 15.2. The molecule has 19 aromatic rings. The van der Waals surface area contributed by atoms with Gasteiger partial charge < -0.3 is 9.13 Å². The topological polar surface area (TPSA) is 182 Å². The number of hydrogen-bond acceptors (Lipinski definition) is 10. The summed E-state index contributed by atoms with van der Waals surface area (Å²) in [6.07, 6.45) is 0. The summed E-state index contributed by atoms with van der Waals surface area (Å²) in [6, 6.07) is 128. The van der Waals surface area contributed by atoms with Crippen LogP contribution in [0, 0.1) is 45.3 Å². The molecular weight excluding hydrogens is 1370 g/mol. The summed E-state index contributed by atoms with van der Waals surface area (Å²) < 4.78 is 4.62. The van der Waals surface area contributed by atoms with Crippen molar-refractivity contribution in [3.63, 3.8) is 0 Å². The normalized spacial score (nSPS) is 11.2. The minimum absolute atomic E-state index is 0.471. The van der Waals surface area contributed by atoms with Crippen LogP contribution in [0.2, 0.25) is 0 Å². The Morgan fingerprint density at radius 1 is 0.179 bits per heavy atom. The van der Waals surface area contributed by atoms with E-state index in [9.17, 15) is 21.0 Å². The van der Waals surface area contributed by atoms with Crippen LogP contribution < -0.4 is 0 Å². The summed E-state index contributed by atoms with van der Waals surface area (Å²) in [5.41, 5.74) is 24.3. The van der Waals surface area contributed by atoms with Gasteiger partial charge in [0.2, 0.25) is 0 Å². The van der Waals surface area contributed by atoms with Gasteiger partial charge in [-0.15, -0.1) is 0 Å². The molecule has 0 spiro atoms. The number of aromatic nitrogens is 8. The van der Waals surface area contributed by atoms with Gasteiger partial charge in [-0.3, -0.25) is 0 Å². The molecule has 0 fully saturated rings. The number of nitrogens with zero attached hydrogens (tertiary/aromatic N) is 12. The summed E-state index contributed by atoms with van der Waals surface area (Å²) in [5, 5.41) is 43.2. The highest BCUT2D eigenvalue weighted by Gasteiger charge is 2.25. The molecule has 0 unspecified atom stereocenters. The molecule has 4 aromatic heterocycles. The minimum Gasteiger partial charge on any atom is -0.309 e. The molecule has 0 saturated carbocycles. The van der Waals surface area contributed by atoms with E-state index >= 15 is 0 Å². The first-order chi connectivity index (χ1) is 55.3. The smallest absolute Gasteiger partial charge is 0.164 e. The van der Waals surface area contributed by atoms with E-state index in [2.05, 4.69) is 167 Å². The van der Waals surface area contributed by atoms with Crippen LogP contribution in [0.5, 0.6) is 0 Å². The Balaban J connectivity index is 0.836. The monoisotopic (exact) mass is 1430 g/mol. The summed E-state index contributed by atoms with van der Waals surface area (Å²) >= 11 is 0. The Kier molecular flexibility index (Phi) is 16.8. The van der Waals surface area contributed by atoms with Crippen molar-refractivity contribution < 1.29 is 0 Å². The molecule has 0 atom stereocenters. The second-order valence-corrected chi connectivity index (χ2v) is 27.5. The molecule has 19 rings (SSSR count). The molecule has 12 heteroatoms. The lowest BCUT2D eigenvalue weighted by Crippen LogP contribution is -2.03. The summed E-state index contributed by atoms with van der Waals surface area (Å²) in [7, 11) is 0. The van der Waals surface area contributed by atoms with Gasteiger partial charge in [-0.2, -0.15) is 21.0 Å². The lowest BCUT2D eigenvalue weighted by molar-refractivity contribution is 1.07. The third-order valence-electron chi connectivity index (χ3n) is 20.8. The van der Waals surface area contributed by atoms with Gasteiger partial charge in [0, 0.05) is 66.3 Å². The average molecular weight is 1430 g/mol. The zero-order valence-electron chi connectivity index (χ0n) is 59.9. The fraction of sp³-hybridized carbons (Fsp3) is 0. The molecule has 518 valence electrons. The first-order valence-corrected chi connectivity index (χ1v) is 36.6. The van der Waals surface area contributed by atoms with Crippen LogP contribution in [0.15, 0.2) is 352 Å². The summed E-state index contributed by atoms with van der Waals surface area (Å²) in [6.45, 7) is 0. The molecule has 12 nitrogen and oxygen atoms in total. The number of benzene rings is 15. The third-order valence-corrected chi connectivity index (χ3v) is 20.8. The van der Waals surface area contributed by atoms with E-state index in [1.807, 2.05) is 218 Å². The zero-order chi connectivity index (χ0) is 75.2. The summed E-state index contributed by atoms with van der Waals surface area (Å²) in [4.78, 5) is 32.2. The molecule has 0 aliphatic heterocycles. The Bertz CT molecular complexity index is 6340. The van der Waals surface area contributed by atoms with Gasteiger partial charge in [-0.1, -0.05) is 224 Å². The fourth-order valence-corrected chi connectivity index (χ4v) is 15.2.